The topological polar surface area (TPSA) is 61.8 Å². The first kappa shape index (κ1) is 18.2. The lowest BCUT2D eigenvalue weighted by molar-refractivity contribution is 0.275. The number of hydrogen-bond acceptors (Lipinski definition) is 2. The van der Waals surface area contributed by atoms with Crippen LogP contribution in [0.5, 0.6) is 0 Å². The minimum absolute atomic E-state index is 0. The second kappa shape index (κ2) is 8.53. The molecule has 2 rings (SSSR count). The number of nitrogens with two attached hydrogens (primary N) is 1. The molecule has 1 aliphatic heterocycles. The molecule has 0 aliphatic carbocycles. The van der Waals surface area contributed by atoms with Gasteiger partial charge in [0.05, 0.1) is 13.2 Å². The second-order valence-corrected chi connectivity index (χ2v) is 5.43. The van der Waals surface area contributed by atoms with Crippen molar-refractivity contribution in [3.8, 4) is 0 Å². The molecule has 3 N–H and O–H groups in total. The van der Waals surface area contributed by atoms with Crippen LogP contribution in [0.15, 0.2) is 23.2 Å². The average molecular weight is 407 g/mol. The van der Waals surface area contributed by atoms with E-state index in [1.165, 1.54) is 6.07 Å². The van der Waals surface area contributed by atoms with E-state index in [4.69, 9.17) is 10.8 Å². The van der Waals surface area contributed by atoms with Crippen LogP contribution < -0.4 is 5.73 Å². The van der Waals surface area contributed by atoms with Crippen LogP contribution in [0, 0.1) is 11.7 Å². The predicted octanol–water partition coefficient (Wildman–Crippen LogP) is 2.48. The van der Waals surface area contributed by atoms with Gasteiger partial charge in [0, 0.05) is 18.7 Å². The van der Waals surface area contributed by atoms with E-state index >= 15 is 0 Å². The number of aliphatic hydroxyl groups is 1. The van der Waals surface area contributed by atoms with Crippen molar-refractivity contribution >= 4 is 29.9 Å². The molecule has 1 fully saturated rings. The number of benzene rings is 1. The SMILES string of the molecule is CC1CCN(C(N)=NCc2ccc(F)c(CO)c2)CC1.I. The third-order valence-corrected chi connectivity index (χ3v) is 3.81. The van der Waals surface area contributed by atoms with Crippen molar-refractivity contribution in [2.75, 3.05) is 13.1 Å². The van der Waals surface area contributed by atoms with E-state index in [2.05, 4.69) is 16.8 Å². The molecule has 0 amide bonds. The van der Waals surface area contributed by atoms with Crippen LogP contribution in [0.1, 0.15) is 30.9 Å². The zero-order valence-electron chi connectivity index (χ0n) is 12.3. The fourth-order valence-electron chi connectivity index (χ4n) is 2.36. The van der Waals surface area contributed by atoms with Crippen LogP contribution in [0.2, 0.25) is 0 Å². The molecule has 0 radical (unpaired) electrons. The lowest BCUT2D eigenvalue weighted by Gasteiger charge is -2.31. The van der Waals surface area contributed by atoms with Gasteiger partial charge in [-0.25, -0.2) is 9.38 Å². The summed E-state index contributed by atoms with van der Waals surface area (Å²) in [6.45, 7) is 4.25. The highest BCUT2D eigenvalue weighted by atomic mass is 127. The van der Waals surface area contributed by atoms with E-state index in [0.29, 0.717) is 18.1 Å². The van der Waals surface area contributed by atoms with Crippen molar-refractivity contribution in [3.63, 3.8) is 0 Å². The summed E-state index contributed by atoms with van der Waals surface area (Å²) in [4.78, 5) is 6.46. The number of likely N-dealkylation sites (tertiary alicyclic amines) is 1. The first-order chi connectivity index (χ1) is 9.60. The summed E-state index contributed by atoms with van der Waals surface area (Å²) in [6, 6.07) is 4.66. The van der Waals surface area contributed by atoms with Crippen molar-refractivity contribution < 1.29 is 9.50 Å². The predicted molar refractivity (Wildman–Crippen MR) is 93.0 cm³/mol. The Kier molecular flexibility index (Phi) is 7.37. The van der Waals surface area contributed by atoms with Crippen molar-refractivity contribution in [1.29, 1.82) is 0 Å². The number of aliphatic imine (C=N–C) groups is 1. The Morgan fingerprint density at radius 2 is 2.10 bits per heavy atom. The number of guanidine groups is 1. The molecule has 1 saturated heterocycles. The van der Waals surface area contributed by atoms with Crippen LogP contribution in [0.3, 0.4) is 0 Å². The Bertz CT molecular complexity index is 488. The lowest BCUT2D eigenvalue weighted by Crippen LogP contribution is -2.42. The molecule has 1 aromatic rings. The normalized spacial score (nSPS) is 16.7. The van der Waals surface area contributed by atoms with Gasteiger partial charge < -0.3 is 15.7 Å². The zero-order chi connectivity index (χ0) is 14.5. The lowest BCUT2D eigenvalue weighted by atomic mass is 10.00. The third-order valence-electron chi connectivity index (χ3n) is 3.81. The quantitative estimate of drug-likeness (QED) is 0.460. The highest BCUT2D eigenvalue weighted by molar-refractivity contribution is 14.0. The molecule has 0 unspecified atom stereocenters. The standard InChI is InChI=1S/C15H22FN3O.HI/c1-11-4-6-19(7-5-11)15(17)18-9-12-2-3-14(16)13(8-12)10-20;/h2-3,8,11,20H,4-7,9-10H2,1H3,(H2,17,18);1H. The van der Waals surface area contributed by atoms with Gasteiger partial charge in [-0.15, -0.1) is 24.0 Å². The molecule has 1 heterocycles. The van der Waals surface area contributed by atoms with Gasteiger partial charge in [0.25, 0.3) is 0 Å². The summed E-state index contributed by atoms with van der Waals surface area (Å²) < 4.78 is 13.3. The molecular weight excluding hydrogens is 384 g/mol. The van der Waals surface area contributed by atoms with Crippen LogP contribution in [-0.4, -0.2) is 29.1 Å². The second-order valence-electron chi connectivity index (χ2n) is 5.43. The number of hydrogen-bond donors (Lipinski definition) is 2. The highest BCUT2D eigenvalue weighted by Crippen LogP contribution is 2.16. The monoisotopic (exact) mass is 407 g/mol. The molecule has 1 aliphatic rings. The third kappa shape index (κ3) is 5.10. The van der Waals surface area contributed by atoms with E-state index in [1.807, 2.05) is 0 Å². The van der Waals surface area contributed by atoms with Gasteiger partial charge in [-0.05, 0) is 36.5 Å². The van der Waals surface area contributed by atoms with Gasteiger partial charge >= 0.3 is 0 Å². The Morgan fingerprint density at radius 1 is 1.43 bits per heavy atom. The van der Waals surface area contributed by atoms with Crippen LogP contribution in [0.4, 0.5) is 4.39 Å². The van der Waals surface area contributed by atoms with Gasteiger partial charge in [-0.1, -0.05) is 13.0 Å². The van der Waals surface area contributed by atoms with Crippen molar-refractivity contribution in [2.45, 2.75) is 32.9 Å². The van der Waals surface area contributed by atoms with Gasteiger partial charge in [-0.3, -0.25) is 0 Å². The number of rotatable bonds is 3. The molecule has 21 heavy (non-hydrogen) atoms. The molecule has 0 saturated carbocycles. The fraction of sp³-hybridized carbons (Fsp3) is 0.533. The summed E-state index contributed by atoms with van der Waals surface area (Å²) in [5.74, 6) is 0.910. The fourth-order valence-corrected chi connectivity index (χ4v) is 2.36. The molecular formula is C15H23FIN3O. The Labute approximate surface area is 142 Å². The molecule has 4 nitrogen and oxygen atoms in total. The number of aliphatic hydroxyl groups excluding tert-OH is 1. The van der Waals surface area contributed by atoms with Gasteiger partial charge in [0.1, 0.15) is 5.82 Å². The number of halogens is 2. The van der Waals surface area contributed by atoms with E-state index in [9.17, 15) is 4.39 Å². The summed E-state index contributed by atoms with van der Waals surface area (Å²) in [5, 5.41) is 9.04. The van der Waals surface area contributed by atoms with Crippen molar-refractivity contribution in [2.24, 2.45) is 16.6 Å². The van der Waals surface area contributed by atoms with Gasteiger partial charge in [-0.2, -0.15) is 0 Å². The van der Waals surface area contributed by atoms with E-state index in [1.54, 1.807) is 12.1 Å². The smallest absolute Gasteiger partial charge is 0.191 e. The number of piperidine rings is 1. The van der Waals surface area contributed by atoms with Crippen molar-refractivity contribution in [1.82, 2.24) is 4.90 Å². The van der Waals surface area contributed by atoms with Gasteiger partial charge in [0.2, 0.25) is 0 Å². The number of nitrogens with zero attached hydrogens (tertiary/aromatic N) is 2. The van der Waals surface area contributed by atoms with E-state index in [0.717, 1.165) is 37.4 Å². The zero-order valence-corrected chi connectivity index (χ0v) is 14.6. The van der Waals surface area contributed by atoms with E-state index in [-0.39, 0.29) is 30.6 Å². The van der Waals surface area contributed by atoms with E-state index < -0.39 is 5.82 Å². The van der Waals surface area contributed by atoms with Crippen LogP contribution in [0.25, 0.3) is 0 Å². The average Bonchev–Trinajstić information content (AvgIpc) is 2.46. The minimum atomic E-state index is -0.391. The van der Waals surface area contributed by atoms with Crippen molar-refractivity contribution in [3.05, 3.63) is 35.1 Å². The largest absolute Gasteiger partial charge is 0.392 e. The molecule has 0 spiro atoms. The highest BCUT2D eigenvalue weighted by Gasteiger charge is 2.16. The maximum Gasteiger partial charge on any atom is 0.191 e. The molecule has 1 aromatic carbocycles. The Hall–Kier alpha value is -0.890. The maximum atomic E-state index is 13.3. The molecule has 0 atom stereocenters. The Morgan fingerprint density at radius 3 is 2.71 bits per heavy atom. The first-order valence-electron chi connectivity index (χ1n) is 7.03. The maximum absolute atomic E-state index is 13.3. The molecule has 0 bridgehead atoms. The molecule has 0 aromatic heterocycles. The molecule has 118 valence electrons. The summed E-state index contributed by atoms with van der Waals surface area (Å²) in [6.07, 6.45) is 2.28. The molecule has 6 heteroatoms. The summed E-state index contributed by atoms with van der Waals surface area (Å²) in [7, 11) is 0. The van der Waals surface area contributed by atoms with Crippen LogP contribution >= 0.6 is 24.0 Å². The summed E-state index contributed by atoms with van der Waals surface area (Å²) in [5.41, 5.74) is 7.14. The minimum Gasteiger partial charge on any atom is -0.392 e. The first-order valence-corrected chi connectivity index (χ1v) is 7.03. The Balaban J connectivity index is 0.00000220. The van der Waals surface area contributed by atoms with Crippen LogP contribution in [-0.2, 0) is 13.2 Å². The van der Waals surface area contributed by atoms with Gasteiger partial charge in [0.15, 0.2) is 5.96 Å². The summed E-state index contributed by atoms with van der Waals surface area (Å²) >= 11 is 0.